The number of carbonyl (C=O) groups is 4. The Bertz CT molecular complexity index is 1120. The zero-order valence-corrected chi connectivity index (χ0v) is 21.4. The fourth-order valence-electron chi connectivity index (χ4n) is 3.57. The Hall–Kier alpha value is -3.60. The lowest BCUT2D eigenvalue weighted by Crippen LogP contribution is -2.43. The van der Waals surface area contributed by atoms with Crippen LogP contribution in [0.2, 0.25) is 0 Å². The average molecular weight is 548 g/mol. The summed E-state index contributed by atoms with van der Waals surface area (Å²) >= 11 is 3.47. The van der Waals surface area contributed by atoms with Crippen LogP contribution < -0.4 is 20.2 Å². The Morgan fingerprint density at radius 1 is 1.03 bits per heavy atom. The SMILES string of the molecule is COc1cc(OC)cc(C(=O)NN2C[C@H](C(=O)OCC(=O)Nc3cc(C)c(Br)c(C)c3)CC2=O)c1. The maximum atomic E-state index is 12.6. The van der Waals surface area contributed by atoms with Gasteiger partial charge < -0.3 is 19.5 Å². The van der Waals surface area contributed by atoms with Gasteiger partial charge in [0.2, 0.25) is 5.91 Å². The van der Waals surface area contributed by atoms with Crippen LogP contribution in [0, 0.1) is 19.8 Å². The zero-order valence-electron chi connectivity index (χ0n) is 19.8. The Balaban J connectivity index is 1.53. The molecule has 0 unspecified atom stereocenters. The number of rotatable bonds is 8. The first-order valence-electron chi connectivity index (χ1n) is 10.7. The van der Waals surface area contributed by atoms with Crippen molar-refractivity contribution < 1.29 is 33.4 Å². The number of hydrogen-bond acceptors (Lipinski definition) is 7. The average Bonchev–Trinajstić information content (AvgIpc) is 3.20. The maximum absolute atomic E-state index is 12.6. The Kier molecular flexibility index (Phi) is 8.34. The molecule has 1 atom stereocenters. The molecule has 2 aromatic carbocycles. The monoisotopic (exact) mass is 547 g/mol. The molecule has 1 aliphatic heterocycles. The number of esters is 1. The highest BCUT2D eigenvalue weighted by Gasteiger charge is 2.36. The number of methoxy groups -OCH3 is 2. The molecule has 10 nitrogen and oxygen atoms in total. The van der Waals surface area contributed by atoms with Gasteiger partial charge in [0.25, 0.3) is 11.8 Å². The van der Waals surface area contributed by atoms with E-state index in [4.69, 9.17) is 14.2 Å². The van der Waals surface area contributed by atoms with Crippen LogP contribution in [0.5, 0.6) is 11.5 Å². The first-order valence-corrected chi connectivity index (χ1v) is 11.5. The number of carbonyl (C=O) groups excluding carboxylic acids is 4. The number of nitrogens with zero attached hydrogens (tertiary/aromatic N) is 1. The number of benzene rings is 2. The van der Waals surface area contributed by atoms with E-state index in [1.165, 1.54) is 26.4 Å². The molecule has 3 rings (SSSR count). The van der Waals surface area contributed by atoms with E-state index in [2.05, 4.69) is 26.7 Å². The molecule has 186 valence electrons. The second-order valence-electron chi connectivity index (χ2n) is 8.03. The molecule has 3 amide bonds. The second kappa shape index (κ2) is 11.2. The van der Waals surface area contributed by atoms with Gasteiger partial charge in [0.15, 0.2) is 6.61 Å². The van der Waals surface area contributed by atoms with Gasteiger partial charge in [0.05, 0.1) is 26.7 Å². The Morgan fingerprint density at radius 2 is 1.63 bits per heavy atom. The van der Waals surface area contributed by atoms with Crippen molar-refractivity contribution in [3.8, 4) is 11.5 Å². The third-order valence-corrected chi connectivity index (χ3v) is 6.63. The highest BCUT2D eigenvalue weighted by atomic mass is 79.9. The minimum Gasteiger partial charge on any atom is -0.497 e. The van der Waals surface area contributed by atoms with Gasteiger partial charge in [0, 0.05) is 28.2 Å². The minimum atomic E-state index is -0.812. The largest absolute Gasteiger partial charge is 0.497 e. The van der Waals surface area contributed by atoms with E-state index in [9.17, 15) is 19.2 Å². The van der Waals surface area contributed by atoms with E-state index in [0.717, 1.165) is 20.6 Å². The van der Waals surface area contributed by atoms with E-state index in [1.807, 2.05) is 13.8 Å². The molecule has 11 heteroatoms. The van der Waals surface area contributed by atoms with Crippen LogP contribution in [-0.2, 0) is 19.1 Å². The minimum absolute atomic E-state index is 0.0722. The number of hydrogen-bond donors (Lipinski definition) is 2. The number of halogens is 1. The van der Waals surface area contributed by atoms with Crippen LogP contribution in [0.4, 0.5) is 5.69 Å². The van der Waals surface area contributed by atoms with Crippen molar-refractivity contribution in [2.24, 2.45) is 5.92 Å². The number of ether oxygens (including phenoxy) is 3. The Labute approximate surface area is 211 Å². The first-order chi connectivity index (χ1) is 16.6. The number of nitrogens with one attached hydrogen (secondary N) is 2. The van der Waals surface area contributed by atoms with Crippen LogP contribution >= 0.6 is 15.9 Å². The summed E-state index contributed by atoms with van der Waals surface area (Å²) in [7, 11) is 2.91. The fourth-order valence-corrected chi connectivity index (χ4v) is 3.80. The number of hydrazine groups is 1. The van der Waals surface area contributed by atoms with E-state index in [1.54, 1.807) is 18.2 Å². The Morgan fingerprint density at radius 3 is 2.20 bits per heavy atom. The van der Waals surface area contributed by atoms with Crippen molar-refractivity contribution in [3.63, 3.8) is 0 Å². The quantitative estimate of drug-likeness (QED) is 0.487. The molecule has 1 fully saturated rings. The summed E-state index contributed by atoms with van der Waals surface area (Å²) in [4.78, 5) is 49.6. The molecule has 1 saturated heterocycles. The molecule has 0 saturated carbocycles. The van der Waals surface area contributed by atoms with Crippen molar-refractivity contribution in [2.75, 3.05) is 32.7 Å². The van der Waals surface area contributed by atoms with Crippen LogP contribution in [0.15, 0.2) is 34.8 Å². The third kappa shape index (κ3) is 6.50. The van der Waals surface area contributed by atoms with Crippen LogP contribution in [0.25, 0.3) is 0 Å². The van der Waals surface area contributed by atoms with Crippen molar-refractivity contribution in [3.05, 3.63) is 51.5 Å². The standard InChI is InChI=1S/C24H26BrN3O7/c1-13-5-17(6-14(2)22(13)25)26-20(29)12-35-24(32)16-9-21(30)28(11-16)27-23(31)15-7-18(33-3)10-19(8-15)34-4/h5-8,10,16H,9,11-12H2,1-4H3,(H,26,29)(H,27,31)/t16-/m1/s1. The zero-order chi connectivity index (χ0) is 25.7. The van der Waals surface area contributed by atoms with Crippen molar-refractivity contribution in [2.45, 2.75) is 20.3 Å². The number of amides is 3. The van der Waals surface area contributed by atoms with Crippen molar-refractivity contribution in [1.82, 2.24) is 10.4 Å². The van der Waals surface area contributed by atoms with Gasteiger partial charge in [-0.05, 0) is 49.2 Å². The van der Waals surface area contributed by atoms with Crippen LogP contribution in [-0.4, -0.2) is 56.1 Å². The summed E-state index contributed by atoms with van der Waals surface area (Å²) in [6.45, 7) is 3.24. The molecule has 1 heterocycles. The predicted octanol–water partition coefficient (Wildman–Crippen LogP) is 2.76. The van der Waals surface area contributed by atoms with Crippen molar-refractivity contribution in [1.29, 1.82) is 0 Å². The molecular weight excluding hydrogens is 522 g/mol. The van der Waals surface area contributed by atoms with Gasteiger partial charge in [-0.1, -0.05) is 15.9 Å². The maximum Gasteiger partial charge on any atom is 0.311 e. The predicted molar refractivity (Wildman–Crippen MR) is 130 cm³/mol. The molecule has 35 heavy (non-hydrogen) atoms. The first kappa shape index (κ1) is 26.0. The molecule has 2 aromatic rings. The normalized spacial score (nSPS) is 14.9. The summed E-state index contributed by atoms with van der Waals surface area (Å²) < 4.78 is 16.4. The molecule has 0 aliphatic carbocycles. The van der Waals surface area contributed by atoms with E-state index in [0.29, 0.717) is 17.2 Å². The van der Waals surface area contributed by atoms with Gasteiger partial charge >= 0.3 is 5.97 Å². The molecule has 0 aromatic heterocycles. The fraction of sp³-hybridized carbons (Fsp3) is 0.333. The van der Waals surface area contributed by atoms with Crippen molar-refractivity contribution >= 4 is 45.3 Å². The van der Waals surface area contributed by atoms with E-state index in [-0.39, 0.29) is 18.5 Å². The summed E-state index contributed by atoms with van der Waals surface area (Å²) in [5, 5.41) is 3.75. The summed E-state index contributed by atoms with van der Waals surface area (Å²) in [5.41, 5.74) is 5.20. The van der Waals surface area contributed by atoms with Gasteiger partial charge in [-0.25, -0.2) is 0 Å². The summed E-state index contributed by atoms with van der Waals surface area (Å²) in [6, 6.07) is 8.20. The highest BCUT2D eigenvalue weighted by molar-refractivity contribution is 9.10. The van der Waals surface area contributed by atoms with Gasteiger partial charge in [-0.2, -0.15) is 0 Å². The summed E-state index contributed by atoms with van der Waals surface area (Å²) in [6.07, 6.45) is -0.146. The summed E-state index contributed by atoms with van der Waals surface area (Å²) in [5.74, 6) is -2.19. The lowest BCUT2D eigenvalue weighted by atomic mass is 10.1. The van der Waals surface area contributed by atoms with E-state index < -0.39 is 36.2 Å². The van der Waals surface area contributed by atoms with Gasteiger partial charge in [-0.3, -0.25) is 29.6 Å². The van der Waals surface area contributed by atoms with Gasteiger partial charge in [0.1, 0.15) is 11.5 Å². The number of anilines is 1. The smallest absolute Gasteiger partial charge is 0.311 e. The molecule has 0 radical (unpaired) electrons. The van der Waals surface area contributed by atoms with E-state index >= 15 is 0 Å². The lowest BCUT2D eigenvalue weighted by molar-refractivity contribution is -0.151. The molecular formula is C24H26BrN3O7. The second-order valence-corrected chi connectivity index (χ2v) is 8.82. The van der Waals surface area contributed by atoms with Gasteiger partial charge in [-0.15, -0.1) is 0 Å². The van der Waals surface area contributed by atoms with Crippen LogP contribution in [0.1, 0.15) is 27.9 Å². The molecule has 0 bridgehead atoms. The third-order valence-electron chi connectivity index (χ3n) is 5.37. The molecule has 1 aliphatic rings. The lowest BCUT2D eigenvalue weighted by Gasteiger charge is -2.18. The molecule has 2 N–H and O–H groups in total. The van der Waals surface area contributed by atoms with Crippen LogP contribution in [0.3, 0.4) is 0 Å². The topological polar surface area (TPSA) is 123 Å². The highest BCUT2D eigenvalue weighted by Crippen LogP contribution is 2.25. The number of aryl methyl sites for hydroxylation is 2. The molecule has 0 spiro atoms.